The van der Waals surface area contributed by atoms with Crippen LogP contribution in [0.15, 0.2) is 124 Å². The van der Waals surface area contributed by atoms with E-state index < -0.39 is 27.7 Å². The number of hydrogen-bond acceptors (Lipinski definition) is 12. The minimum Gasteiger partial charge on any atom is -0.489 e. The summed E-state index contributed by atoms with van der Waals surface area (Å²) in [6, 6.07) is 37.1. The fraction of sp³-hybridized carbons (Fsp3) is 0.451. The van der Waals surface area contributed by atoms with Gasteiger partial charge in [-0.25, -0.2) is 14.4 Å². The molecule has 0 heterocycles. The maximum atomic E-state index is 13.0. The highest BCUT2D eigenvalue weighted by molar-refractivity contribution is 14.1. The second-order valence-electron chi connectivity index (χ2n) is 24.5. The van der Waals surface area contributed by atoms with Gasteiger partial charge in [-0.3, -0.25) is 0 Å². The van der Waals surface area contributed by atoms with Crippen LogP contribution in [0.5, 0.6) is 34.5 Å². The molecule has 0 atom stereocenters. The van der Waals surface area contributed by atoms with E-state index in [0.717, 1.165) is 151 Å². The molecule has 3 aliphatic rings. The van der Waals surface area contributed by atoms with Crippen molar-refractivity contribution in [3.8, 4) is 34.5 Å². The summed E-state index contributed by atoms with van der Waals surface area (Å²) in [5, 5.41) is 0. The molecular formula is C71H81I4O12S+. The molecule has 3 saturated carbocycles. The Hall–Kier alpha value is -4.20. The first-order valence-electron chi connectivity index (χ1n) is 30.7. The van der Waals surface area contributed by atoms with Crippen LogP contribution < -0.4 is 28.4 Å². The number of hydrogen-bond donors (Lipinski definition) is 0. The molecule has 9 rings (SSSR count). The highest BCUT2D eigenvalue weighted by atomic mass is 127. The van der Waals surface area contributed by atoms with E-state index in [1.165, 1.54) is 0 Å². The summed E-state index contributed by atoms with van der Waals surface area (Å²) < 4.78 is 59.2. The minimum atomic E-state index is -0.534. The summed E-state index contributed by atoms with van der Waals surface area (Å²) in [6.45, 7) is 17.4. The van der Waals surface area contributed by atoms with E-state index in [-0.39, 0.29) is 55.5 Å². The van der Waals surface area contributed by atoms with Crippen LogP contribution in [-0.4, -0.2) is 54.5 Å². The molecule has 17 heteroatoms. The van der Waals surface area contributed by atoms with Gasteiger partial charge < -0.3 is 42.6 Å². The third-order valence-corrected chi connectivity index (χ3v) is 22.9. The number of rotatable bonds is 27. The number of carbonyl (C=O) groups is 3. The SMILES string of the molecule is Cc1cc(COc2ccc([S+](c3ccc(OCc4cc(C)c(OCC(=O)OC5(C(C)C)CCCC5)c(I)c4)cc3)c3ccc(OCc4cc(I)c(OCC(=O)OC5(C(C)C)CCCC5)c(I)c4)cc3)cc2)cc(I)c1OCC(=O)OC1(C(C)C)CCCC1. The van der Waals surface area contributed by atoms with Gasteiger partial charge in [-0.15, -0.1) is 0 Å². The van der Waals surface area contributed by atoms with Crippen LogP contribution in [0.3, 0.4) is 0 Å². The molecule has 6 aromatic carbocycles. The predicted octanol–water partition coefficient (Wildman–Crippen LogP) is 18.2. The Kier molecular flexibility index (Phi) is 24.0. The van der Waals surface area contributed by atoms with Crippen LogP contribution in [0, 0.1) is 45.9 Å². The first-order chi connectivity index (χ1) is 42.1. The van der Waals surface area contributed by atoms with Crippen molar-refractivity contribution in [1.82, 2.24) is 0 Å². The Labute approximate surface area is 577 Å². The van der Waals surface area contributed by atoms with Gasteiger partial charge in [0.2, 0.25) is 0 Å². The van der Waals surface area contributed by atoms with Gasteiger partial charge in [0.1, 0.15) is 71.1 Å². The van der Waals surface area contributed by atoms with Gasteiger partial charge in [-0.05, 0) is 336 Å². The van der Waals surface area contributed by atoms with Crippen LogP contribution in [0.1, 0.15) is 146 Å². The summed E-state index contributed by atoms with van der Waals surface area (Å²) in [5.41, 5.74) is 3.61. The summed E-state index contributed by atoms with van der Waals surface area (Å²) in [7, 11) is -0.534. The quantitative estimate of drug-likeness (QED) is 0.0210. The number of esters is 3. The zero-order valence-electron chi connectivity index (χ0n) is 51.7. The van der Waals surface area contributed by atoms with E-state index in [1.54, 1.807) is 0 Å². The van der Waals surface area contributed by atoms with Crippen LogP contribution in [0.25, 0.3) is 0 Å². The van der Waals surface area contributed by atoms with Gasteiger partial charge in [0.15, 0.2) is 34.5 Å². The van der Waals surface area contributed by atoms with Crippen molar-refractivity contribution < 1.29 is 57.0 Å². The predicted molar refractivity (Wildman–Crippen MR) is 377 cm³/mol. The summed E-state index contributed by atoms with van der Waals surface area (Å²) in [6.07, 6.45) is 11.8. The number of ether oxygens (including phenoxy) is 9. The Morgan fingerprint density at radius 1 is 0.386 bits per heavy atom. The van der Waals surface area contributed by atoms with E-state index in [9.17, 15) is 14.4 Å². The van der Waals surface area contributed by atoms with Crippen molar-refractivity contribution in [3.63, 3.8) is 0 Å². The van der Waals surface area contributed by atoms with Crippen LogP contribution in [-0.2, 0) is 59.3 Å². The van der Waals surface area contributed by atoms with Crippen molar-refractivity contribution in [2.45, 2.75) is 184 Å². The molecule has 0 unspecified atom stereocenters. The maximum absolute atomic E-state index is 13.0. The Morgan fingerprint density at radius 2 is 0.636 bits per heavy atom. The molecule has 470 valence electrons. The lowest BCUT2D eigenvalue weighted by atomic mass is 9.88. The average Bonchev–Trinajstić information content (AvgIpc) is 3.77. The molecule has 0 spiro atoms. The molecule has 0 N–H and O–H groups in total. The lowest BCUT2D eigenvalue weighted by Gasteiger charge is -2.33. The van der Waals surface area contributed by atoms with E-state index in [0.29, 0.717) is 37.1 Å². The Balaban J connectivity index is 0.857. The first kappa shape index (κ1) is 68.2. The van der Waals surface area contributed by atoms with Crippen molar-refractivity contribution in [3.05, 3.63) is 151 Å². The third kappa shape index (κ3) is 17.3. The molecule has 0 radical (unpaired) electrons. The van der Waals surface area contributed by atoms with Crippen molar-refractivity contribution in [2.24, 2.45) is 17.8 Å². The normalized spacial score (nSPS) is 15.8. The lowest BCUT2D eigenvalue weighted by Crippen LogP contribution is -2.39. The van der Waals surface area contributed by atoms with E-state index >= 15 is 0 Å². The first-order valence-corrected chi connectivity index (χ1v) is 36.2. The largest absolute Gasteiger partial charge is 0.489 e. The monoisotopic (exact) mass is 1670 g/mol. The highest BCUT2D eigenvalue weighted by Crippen LogP contribution is 2.43. The molecule has 0 aromatic heterocycles. The lowest BCUT2D eigenvalue weighted by molar-refractivity contribution is -0.167. The van der Waals surface area contributed by atoms with E-state index in [4.69, 9.17) is 42.6 Å². The summed E-state index contributed by atoms with van der Waals surface area (Å²) in [4.78, 5) is 42.3. The van der Waals surface area contributed by atoms with Crippen LogP contribution >= 0.6 is 90.4 Å². The van der Waals surface area contributed by atoms with Crippen molar-refractivity contribution >= 4 is 119 Å². The van der Waals surface area contributed by atoms with Crippen molar-refractivity contribution in [1.29, 1.82) is 0 Å². The fourth-order valence-electron chi connectivity index (χ4n) is 12.4. The number of aryl methyl sites for hydroxylation is 2. The fourth-order valence-corrected chi connectivity index (χ4v) is 18.6. The molecular weight excluding hydrogens is 1580 g/mol. The van der Waals surface area contributed by atoms with Gasteiger partial charge in [-0.1, -0.05) is 41.5 Å². The van der Waals surface area contributed by atoms with Gasteiger partial charge in [0.25, 0.3) is 0 Å². The third-order valence-electron chi connectivity index (χ3n) is 17.5. The molecule has 0 saturated heterocycles. The van der Waals surface area contributed by atoms with Crippen molar-refractivity contribution in [2.75, 3.05) is 19.8 Å². The summed E-state index contributed by atoms with van der Waals surface area (Å²) >= 11 is 9.05. The molecule has 3 aliphatic carbocycles. The highest BCUT2D eigenvalue weighted by Gasteiger charge is 2.43. The molecule has 0 amide bonds. The number of carbonyl (C=O) groups excluding carboxylic acids is 3. The number of halogens is 4. The second kappa shape index (κ2) is 30.9. The maximum Gasteiger partial charge on any atom is 0.344 e. The van der Waals surface area contributed by atoms with Gasteiger partial charge in [0.05, 0.1) is 25.2 Å². The molecule has 0 aliphatic heterocycles. The van der Waals surface area contributed by atoms with Gasteiger partial charge in [0, 0.05) is 0 Å². The smallest absolute Gasteiger partial charge is 0.344 e. The zero-order valence-corrected chi connectivity index (χ0v) is 61.1. The number of benzene rings is 6. The van der Waals surface area contributed by atoms with Gasteiger partial charge >= 0.3 is 17.9 Å². The average molecular weight is 1670 g/mol. The van der Waals surface area contributed by atoms with Crippen LogP contribution in [0.2, 0.25) is 0 Å². The Bertz CT molecular complexity index is 2940. The second-order valence-corrected chi connectivity index (χ2v) is 31.2. The van der Waals surface area contributed by atoms with Gasteiger partial charge in [-0.2, -0.15) is 0 Å². The summed E-state index contributed by atoms with van der Waals surface area (Å²) in [5.74, 6) is 3.99. The minimum absolute atomic E-state index is 0.133. The molecule has 6 aromatic rings. The molecule has 12 nitrogen and oxygen atoms in total. The Morgan fingerprint density at radius 3 is 0.898 bits per heavy atom. The van der Waals surface area contributed by atoms with E-state index in [2.05, 4.69) is 168 Å². The van der Waals surface area contributed by atoms with Crippen LogP contribution in [0.4, 0.5) is 0 Å². The molecule has 88 heavy (non-hydrogen) atoms. The van der Waals surface area contributed by atoms with E-state index in [1.807, 2.05) is 86.6 Å². The molecule has 0 bridgehead atoms. The molecule has 3 fully saturated rings. The zero-order chi connectivity index (χ0) is 62.8. The standard InChI is InChI=1S/C71H81I4O12S/c1-45(2)69(27-9-10-28-69)85-63(76)42-82-66-48(7)33-50(35-59(66)72)39-79-53-15-21-56(22-16-53)88(57-23-17-54(18-24-57)80-40-51-34-49(8)67(60(73)36-51)83-43-64(77)86-70(46(3)4)29-11-12-30-70)58-25-19-55(20-26-58)81-41-52-37-61(74)68(62(75)38-52)84-44-65(78)87-71(47(5)6)31-13-14-32-71/h15-26,33-38,45-47H,9-14,27-32,39-44H2,1-8H3/q+1. The topological polar surface area (TPSA) is 134 Å².